The molecule has 0 atom stereocenters. The normalized spacial score (nSPS) is 10.7. The maximum absolute atomic E-state index is 12.7. The van der Waals surface area contributed by atoms with E-state index < -0.39 is 0 Å². The summed E-state index contributed by atoms with van der Waals surface area (Å²) in [5.74, 6) is -0.204. The Morgan fingerprint density at radius 1 is 1.57 bits per heavy atom. The first-order valence-corrected chi connectivity index (χ1v) is 9.24. The van der Waals surface area contributed by atoms with Crippen molar-refractivity contribution in [1.29, 1.82) is 5.26 Å². The lowest BCUT2D eigenvalue weighted by Crippen LogP contribution is -2.35. The van der Waals surface area contributed by atoms with Gasteiger partial charge in [0.1, 0.15) is 11.4 Å². The van der Waals surface area contributed by atoms with Crippen molar-refractivity contribution in [2.45, 2.75) is 31.5 Å². The van der Waals surface area contributed by atoms with Crippen molar-refractivity contribution in [1.82, 2.24) is 14.5 Å². The number of thiophene rings is 1. The molecule has 0 saturated carbocycles. The Kier molecular flexibility index (Phi) is 5.80. The number of nitriles is 1. The van der Waals surface area contributed by atoms with Gasteiger partial charge in [-0.2, -0.15) is 5.26 Å². The van der Waals surface area contributed by atoms with Gasteiger partial charge in [0.25, 0.3) is 5.56 Å². The fraction of sp³-hybridized carbons (Fsp3) is 0.467. The molecule has 6 nitrogen and oxygen atoms in total. The van der Waals surface area contributed by atoms with Crippen LogP contribution in [0.1, 0.15) is 18.2 Å². The van der Waals surface area contributed by atoms with Crippen molar-refractivity contribution in [2.75, 3.05) is 19.8 Å². The third kappa shape index (κ3) is 3.74. The van der Waals surface area contributed by atoms with E-state index in [-0.39, 0.29) is 24.4 Å². The molecule has 0 radical (unpaired) electrons. The molecule has 0 saturated heterocycles. The molecule has 8 heteroatoms. The standard InChI is InChI=1S/C15H18N4O2S2/c1-4-10-8-11-13(23-10)17-15(22-3)19(14(11)21)9-12(20)18(2)7-5-6-16/h8H,4-5,7,9H2,1-3H3. The third-order valence-electron chi connectivity index (χ3n) is 3.48. The Labute approximate surface area is 142 Å². The lowest BCUT2D eigenvalue weighted by Gasteiger charge is -2.17. The van der Waals surface area contributed by atoms with Crippen LogP contribution < -0.4 is 5.56 Å². The highest BCUT2D eigenvalue weighted by Crippen LogP contribution is 2.24. The quantitative estimate of drug-likeness (QED) is 0.589. The van der Waals surface area contributed by atoms with Crippen molar-refractivity contribution >= 4 is 39.2 Å². The minimum atomic E-state index is -0.204. The summed E-state index contributed by atoms with van der Waals surface area (Å²) in [6.07, 6.45) is 2.96. The molecule has 2 aromatic heterocycles. The van der Waals surface area contributed by atoms with E-state index in [1.165, 1.54) is 32.6 Å². The molecule has 1 amide bonds. The number of aryl methyl sites for hydroxylation is 1. The highest BCUT2D eigenvalue weighted by molar-refractivity contribution is 7.98. The number of aromatic nitrogens is 2. The average Bonchev–Trinajstić information content (AvgIpc) is 2.98. The fourth-order valence-corrected chi connectivity index (χ4v) is 3.68. The van der Waals surface area contributed by atoms with Crippen LogP contribution >= 0.6 is 23.1 Å². The molecule has 2 aromatic rings. The smallest absolute Gasteiger partial charge is 0.263 e. The first-order chi connectivity index (χ1) is 11.0. The number of hydrogen-bond donors (Lipinski definition) is 0. The molecule has 0 unspecified atom stereocenters. The zero-order valence-corrected chi connectivity index (χ0v) is 15.0. The Balaban J connectivity index is 2.39. The lowest BCUT2D eigenvalue weighted by atomic mass is 10.3. The minimum Gasteiger partial charge on any atom is -0.343 e. The molecule has 0 bridgehead atoms. The Hall–Kier alpha value is -1.85. The van der Waals surface area contributed by atoms with Crippen LogP contribution in [0.4, 0.5) is 0 Å². The molecule has 0 fully saturated rings. The molecule has 122 valence electrons. The molecule has 23 heavy (non-hydrogen) atoms. The first-order valence-electron chi connectivity index (χ1n) is 7.20. The Bertz CT molecular complexity index is 819. The number of carbonyl (C=O) groups excluding carboxylic acids is 1. The second-order valence-corrected chi connectivity index (χ2v) is 6.89. The number of rotatable bonds is 6. The van der Waals surface area contributed by atoms with Crippen LogP contribution in [-0.4, -0.2) is 40.2 Å². The van der Waals surface area contributed by atoms with Gasteiger partial charge in [-0.05, 0) is 18.7 Å². The molecule has 0 N–H and O–H groups in total. The van der Waals surface area contributed by atoms with Crippen molar-refractivity contribution in [3.63, 3.8) is 0 Å². The van der Waals surface area contributed by atoms with E-state index in [1.807, 2.05) is 25.3 Å². The maximum Gasteiger partial charge on any atom is 0.263 e. The van der Waals surface area contributed by atoms with Crippen molar-refractivity contribution < 1.29 is 4.79 Å². The number of nitrogens with zero attached hydrogens (tertiary/aromatic N) is 4. The SMILES string of the molecule is CCc1cc2c(=O)n(CC(=O)N(C)CCC#N)c(SC)nc2s1. The van der Waals surface area contributed by atoms with Crippen LogP contribution in [-0.2, 0) is 17.8 Å². The van der Waals surface area contributed by atoms with Crippen molar-refractivity contribution in [2.24, 2.45) is 0 Å². The summed E-state index contributed by atoms with van der Waals surface area (Å²) in [4.78, 5) is 32.8. The number of fused-ring (bicyclic) bond motifs is 1. The summed E-state index contributed by atoms with van der Waals surface area (Å²) < 4.78 is 1.42. The van der Waals surface area contributed by atoms with Crippen LogP contribution in [0.5, 0.6) is 0 Å². The molecule has 0 spiro atoms. The second-order valence-electron chi connectivity index (χ2n) is 5.00. The number of hydrogen-bond acceptors (Lipinski definition) is 6. The Morgan fingerprint density at radius 2 is 2.30 bits per heavy atom. The molecular weight excluding hydrogens is 332 g/mol. The van der Waals surface area contributed by atoms with Gasteiger partial charge in [-0.15, -0.1) is 11.3 Å². The van der Waals surface area contributed by atoms with E-state index in [4.69, 9.17) is 5.26 Å². The number of carbonyl (C=O) groups is 1. The van der Waals surface area contributed by atoms with Gasteiger partial charge in [-0.25, -0.2) is 4.98 Å². The van der Waals surface area contributed by atoms with Crippen LogP contribution in [0.15, 0.2) is 16.0 Å². The topological polar surface area (TPSA) is 79.0 Å². The van der Waals surface area contributed by atoms with Gasteiger partial charge in [0, 0.05) is 18.5 Å². The zero-order valence-electron chi connectivity index (χ0n) is 13.3. The van der Waals surface area contributed by atoms with E-state index in [0.717, 1.165) is 16.1 Å². The van der Waals surface area contributed by atoms with E-state index >= 15 is 0 Å². The summed E-state index contributed by atoms with van der Waals surface area (Å²) >= 11 is 2.87. The molecule has 2 heterocycles. The molecule has 0 aliphatic carbocycles. The van der Waals surface area contributed by atoms with Crippen LogP contribution in [0.25, 0.3) is 10.2 Å². The van der Waals surface area contributed by atoms with Crippen molar-refractivity contribution in [3.05, 3.63) is 21.3 Å². The van der Waals surface area contributed by atoms with Crippen molar-refractivity contribution in [3.8, 4) is 6.07 Å². The van der Waals surface area contributed by atoms with E-state index in [2.05, 4.69) is 4.98 Å². The number of thioether (sulfide) groups is 1. The van der Waals surface area contributed by atoms with Gasteiger partial charge in [-0.3, -0.25) is 14.2 Å². The molecule has 0 aromatic carbocycles. The highest BCUT2D eigenvalue weighted by atomic mass is 32.2. The maximum atomic E-state index is 12.7. The van der Waals surface area contributed by atoms with Gasteiger partial charge in [0.2, 0.25) is 5.91 Å². The van der Waals surface area contributed by atoms with Gasteiger partial charge in [0.05, 0.1) is 17.9 Å². The highest BCUT2D eigenvalue weighted by Gasteiger charge is 2.17. The summed E-state index contributed by atoms with van der Waals surface area (Å²) in [7, 11) is 1.63. The predicted molar refractivity (Wildman–Crippen MR) is 92.9 cm³/mol. The number of amides is 1. The summed E-state index contributed by atoms with van der Waals surface area (Å²) in [6.45, 7) is 2.33. The zero-order chi connectivity index (χ0) is 17.0. The molecular formula is C15H18N4O2S2. The summed E-state index contributed by atoms with van der Waals surface area (Å²) in [5, 5.41) is 9.70. The number of likely N-dealkylation sites (N-methyl/N-ethyl adjacent to an activating group) is 1. The van der Waals surface area contributed by atoms with Crippen LogP contribution in [0.2, 0.25) is 0 Å². The van der Waals surface area contributed by atoms with Crippen LogP contribution in [0.3, 0.4) is 0 Å². The van der Waals surface area contributed by atoms with Gasteiger partial charge >= 0.3 is 0 Å². The average molecular weight is 350 g/mol. The minimum absolute atomic E-state index is 0.0584. The van der Waals surface area contributed by atoms with E-state index in [0.29, 0.717) is 17.1 Å². The summed E-state index contributed by atoms with van der Waals surface area (Å²) in [6, 6.07) is 3.87. The first kappa shape index (κ1) is 17.5. The van der Waals surface area contributed by atoms with E-state index in [1.54, 1.807) is 7.05 Å². The molecule has 0 aliphatic rings. The largest absolute Gasteiger partial charge is 0.343 e. The molecule has 2 rings (SSSR count). The fourth-order valence-electron chi connectivity index (χ4n) is 2.11. The van der Waals surface area contributed by atoms with Crippen LogP contribution in [0, 0.1) is 11.3 Å². The predicted octanol–water partition coefficient (Wildman–Crippen LogP) is 2.11. The third-order valence-corrected chi connectivity index (χ3v) is 5.33. The lowest BCUT2D eigenvalue weighted by molar-refractivity contribution is -0.130. The van der Waals surface area contributed by atoms with E-state index in [9.17, 15) is 9.59 Å². The Morgan fingerprint density at radius 3 is 2.91 bits per heavy atom. The van der Waals surface area contributed by atoms with Gasteiger partial charge < -0.3 is 4.90 Å². The molecule has 0 aliphatic heterocycles. The van der Waals surface area contributed by atoms with Gasteiger partial charge in [0.15, 0.2) is 5.16 Å². The monoisotopic (exact) mass is 350 g/mol. The summed E-state index contributed by atoms with van der Waals surface area (Å²) in [5.41, 5.74) is -0.183. The van der Waals surface area contributed by atoms with Gasteiger partial charge in [-0.1, -0.05) is 18.7 Å². The second kappa shape index (κ2) is 7.62.